The number of carbonyl (C=O) groups excluding carboxylic acids is 1. The Bertz CT molecular complexity index is 1020. The number of amides is 1. The highest BCUT2D eigenvalue weighted by Crippen LogP contribution is 2.11. The normalized spacial score (nSPS) is 12.3. The van der Waals surface area contributed by atoms with E-state index in [0.29, 0.717) is 11.9 Å². The summed E-state index contributed by atoms with van der Waals surface area (Å²) in [5.41, 5.74) is 2.46. The zero-order valence-electron chi connectivity index (χ0n) is 15.5. The summed E-state index contributed by atoms with van der Waals surface area (Å²) in [4.78, 5) is 24.9. The van der Waals surface area contributed by atoms with Crippen LogP contribution < -0.4 is 10.9 Å². The van der Waals surface area contributed by atoms with E-state index in [1.165, 1.54) is 4.68 Å². The van der Waals surface area contributed by atoms with Gasteiger partial charge in [0.05, 0.1) is 23.3 Å². The van der Waals surface area contributed by atoms with Gasteiger partial charge in [-0.05, 0) is 39.8 Å². The number of nitrogens with one attached hydrogen (secondary N) is 1. The van der Waals surface area contributed by atoms with Crippen LogP contribution in [0.1, 0.15) is 24.0 Å². The molecule has 136 valence electrons. The van der Waals surface area contributed by atoms with Crippen LogP contribution in [0.5, 0.6) is 0 Å². The van der Waals surface area contributed by atoms with Crippen LogP contribution in [0.4, 0.5) is 0 Å². The second-order valence-electron chi connectivity index (χ2n) is 6.67. The number of fused-ring (bicyclic) bond motifs is 1. The molecule has 7 heteroatoms. The van der Waals surface area contributed by atoms with Crippen LogP contribution >= 0.6 is 0 Å². The van der Waals surface area contributed by atoms with E-state index >= 15 is 0 Å². The van der Waals surface area contributed by atoms with Crippen molar-refractivity contribution in [2.75, 3.05) is 0 Å². The number of benzene rings is 1. The Labute approximate surface area is 151 Å². The lowest BCUT2D eigenvalue weighted by molar-refractivity contribution is -0.122. The minimum Gasteiger partial charge on any atom is -0.350 e. The number of rotatable bonds is 5. The molecule has 0 aliphatic carbocycles. The summed E-state index contributed by atoms with van der Waals surface area (Å²) < 4.78 is 3.09. The van der Waals surface area contributed by atoms with Crippen LogP contribution in [-0.2, 0) is 17.9 Å². The molecule has 1 N–H and O–H groups in total. The lowest BCUT2D eigenvalue weighted by atomic mass is 10.1. The topological polar surface area (TPSA) is 81.8 Å². The Morgan fingerprint density at radius 3 is 2.46 bits per heavy atom. The molecule has 26 heavy (non-hydrogen) atoms. The summed E-state index contributed by atoms with van der Waals surface area (Å²) >= 11 is 0. The number of hydrogen-bond acceptors (Lipinski definition) is 4. The number of carbonyl (C=O) groups is 1. The van der Waals surface area contributed by atoms with Gasteiger partial charge in [0, 0.05) is 17.1 Å². The second kappa shape index (κ2) is 7.11. The zero-order chi connectivity index (χ0) is 18.8. The maximum absolute atomic E-state index is 12.5. The Morgan fingerprint density at radius 2 is 1.81 bits per heavy atom. The van der Waals surface area contributed by atoms with Crippen molar-refractivity contribution >= 4 is 16.7 Å². The maximum Gasteiger partial charge on any atom is 0.275 e. The molecule has 2 aromatic heterocycles. The molecule has 7 nitrogen and oxygen atoms in total. The van der Waals surface area contributed by atoms with Crippen molar-refractivity contribution in [3.05, 3.63) is 57.8 Å². The van der Waals surface area contributed by atoms with Gasteiger partial charge >= 0.3 is 0 Å². The highest BCUT2D eigenvalue weighted by molar-refractivity contribution is 5.83. The van der Waals surface area contributed by atoms with Crippen molar-refractivity contribution < 1.29 is 4.79 Å². The molecule has 0 saturated carbocycles. The van der Waals surface area contributed by atoms with Crippen molar-refractivity contribution in [1.82, 2.24) is 24.9 Å². The quantitative estimate of drug-likeness (QED) is 0.757. The smallest absolute Gasteiger partial charge is 0.275 e. The first-order valence-corrected chi connectivity index (χ1v) is 8.62. The Morgan fingerprint density at radius 1 is 1.12 bits per heavy atom. The lowest BCUT2D eigenvalue weighted by Gasteiger charge is -2.15. The molecule has 3 rings (SSSR count). The van der Waals surface area contributed by atoms with E-state index in [0.717, 1.165) is 22.5 Å². The summed E-state index contributed by atoms with van der Waals surface area (Å²) in [6.07, 6.45) is 0. The molecule has 1 amide bonds. The summed E-state index contributed by atoms with van der Waals surface area (Å²) in [6.45, 7) is 8.14. The van der Waals surface area contributed by atoms with Crippen LogP contribution in [0.2, 0.25) is 0 Å². The third-order valence-corrected chi connectivity index (χ3v) is 4.30. The SMILES string of the molecule is Cc1cc(C)n(C[C@H](C)NC(=O)Cn2nc(C)c3ccccc3c2=O)n1. The van der Waals surface area contributed by atoms with E-state index in [1.807, 2.05) is 56.6 Å². The Balaban J connectivity index is 1.72. The fourth-order valence-electron chi connectivity index (χ4n) is 3.13. The molecule has 1 atom stereocenters. The fourth-order valence-corrected chi connectivity index (χ4v) is 3.13. The average Bonchev–Trinajstić information content (AvgIpc) is 2.89. The van der Waals surface area contributed by atoms with Crippen molar-refractivity contribution in [3.8, 4) is 0 Å². The van der Waals surface area contributed by atoms with E-state index in [-0.39, 0.29) is 24.1 Å². The fraction of sp³-hybridized carbons (Fsp3) is 0.368. The van der Waals surface area contributed by atoms with Gasteiger partial charge in [-0.25, -0.2) is 4.68 Å². The molecule has 0 unspecified atom stereocenters. The monoisotopic (exact) mass is 353 g/mol. The van der Waals surface area contributed by atoms with Crippen LogP contribution in [-0.4, -0.2) is 31.5 Å². The molecule has 0 saturated heterocycles. The second-order valence-corrected chi connectivity index (χ2v) is 6.67. The number of aromatic nitrogens is 4. The Hall–Kier alpha value is -2.96. The Kier molecular flexibility index (Phi) is 4.88. The molecular weight excluding hydrogens is 330 g/mol. The largest absolute Gasteiger partial charge is 0.350 e. The van der Waals surface area contributed by atoms with Crippen LogP contribution in [0.25, 0.3) is 10.8 Å². The van der Waals surface area contributed by atoms with Crippen LogP contribution in [0.15, 0.2) is 35.1 Å². The van der Waals surface area contributed by atoms with Gasteiger partial charge in [-0.2, -0.15) is 10.2 Å². The van der Waals surface area contributed by atoms with Crippen molar-refractivity contribution in [3.63, 3.8) is 0 Å². The first kappa shape index (κ1) is 17.8. The van der Waals surface area contributed by atoms with E-state index in [1.54, 1.807) is 6.07 Å². The molecule has 2 heterocycles. The average molecular weight is 353 g/mol. The van der Waals surface area contributed by atoms with Gasteiger partial charge in [0.25, 0.3) is 5.56 Å². The zero-order valence-corrected chi connectivity index (χ0v) is 15.5. The molecule has 0 spiro atoms. The van der Waals surface area contributed by atoms with Gasteiger partial charge in [0.15, 0.2) is 0 Å². The van der Waals surface area contributed by atoms with Gasteiger partial charge in [0.2, 0.25) is 5.91 Å². The predicted octanol–water partition coefficient (Wildman–Crippen LogP) is 1.72. The number of nitrogens with zero attached hydrogens (tertiary/aromatic N) is 4. The number of aryl methyl sites for hydroxylation is 3. The third-order valence-electron chi connectivity index (χ3n) is 4.30. The molecule has 1 aromatic carbocycles. The minimum atomic E-state index is -0.257. The van der Waals surface area contributed by atoms with Gasteiger partial charge < -0.3 is 5.32 Å². The third kappa shape index (κ3) is 3.66. The van der Waals surface area contributed by atoms with Gasteiger partial charge in [-0.15, -0.1) is 0 Å². The van der Waals surface area contributed by atoms with Crippen LogP contribution in [0.3, 0.4) is 0 Å². The molecule has 0 aliphatic heterocycles. The molecular formula is C19H23N5O2. The van der Waals surface area contributed by atoms with E-state index in [9.17, 15) is 9.59 Å². The highest BCUT2D eigenvalue weighted by Gasteiger charge is 2.14. The molecule has 0 bridgehead atoms. The molecule has 0 aliphatic rings. The predicted molar refractivity (Wildman–Crippen MR) is 100 cm³/mol. The summed E-state index contributed by atoms with van der Waals surface area (Å²) in [5.74, 6) is -0.247. The maximum atomic E-state index is 12.5. The highest BCUT2D eigenvalue weighted by atomic mass is 16.2. The lowest BCUT2D eigenvalue weighted by Crippen LogP contribution is -2.40. The van der Waals surface area contributed by atoms with E-state index in [2.05, 4.69) is 15.5 Å². The first-order valence-electron chi connectivity index (χ1n) is 8.62. The first-order chi connectivity index (χ1) is 12.3. The van der Waals surface area contributed by atoms with Crippen molar-refractivity contribution in [2.24, 2.45) is 0 Å². The van der Waals surface area contributed by atoms with Gasteiger partial charge in [-0.3, -0.25) is 14.3 Å². The van der Waals surface area contributed by atoms with Crippen LogP contribution in [0, 0.1) is 20.8 Å². The molecule has 0 radical (unpaired) electrons. The summed E-state index contributed by atoms with van der Waals surface area (Å²) in [5, 5.41) is 13.0. The van der Waals surface area contributed by atoms with Gasteiger partial charge in [-0.1, -0.05) is 18.2 Å². The standard InChI is InChI=1S/C19H23N5O2/c1-12-9-14(3)23(21-12)10-13(2)20-18(25)11-24-19(26)17-8-6-5-7-16(17)15(4)22-24/h5-9,13H,10-11H2,1-4H3,(H,20,25)/t13-/m0/s1. The minimum absolute atomic E-state index is 0.105. The van der Waals surface area contributed by atoms with E-state index < -0.39 is 0 Å². The van der Waals surface area contributed by atoms with Crippen molar-refractivity contribution in [1.29, 1.82) is 0 Å². The molecule has 3 aromatic rings. The molecule has 0 fully saturated rings. The number of hydrogen-bond donors (Lipinski definition) is 1. The summed E-state index contributed by atoms with van der Waals surface area (Å²) in [6, 6.07) is 9.18. The van der Waals surface area contributed by atoms with Gasteiger partial charge in [0.1, 0.15) is 6.54 Å². The van der Waals surface area contributed by atoms with Crippen molar-refractivity contribution in [2.45, 2.75) is 46.8 Å². The summed E-state index contributed by atoms with van der Waals surface area (Å²) in [7, 11) is 0. The van der Waals surface area contributed by atoms with E-state index in [4.69, 9.17) is 0 Å².